The first-order valence-corrected chi connectivity index (χ1v) is 10.7. The van der Waals surface area contributed by atoms with Gasteiger partial charge in [-0.2, -0.15) is 0 Å². The summed E-state index contributed by atoms with van der Waals surface area (Å²) < 4.78 is 0. The Hall–Kier alpha value is -0.956. The predicted molar refractivity (Wildman–Crippen MR) is 95.3 cm³/mol. The van der Waals surface area contributed by atoms with Crippen LogP contribution in [0.25, 0.3) is 5.57 Å². The second-order valence-corrected chi connectivity index (χ2v) is 8.73. The van der Waals surface area contributed by atoms with E-state index < -0.39 is 0 Å². The topological polar surface area (TPSA) is 0 Å². The van der Waals surface area contributed by atoms with Crippen molar-refractivity contribution >= 4 is 48.5 Å². The third kappa shape index (κ3) is 2.37. The van der Waals surface area contributed by atoms with E-state index in [4.69, 9.17) is 0 Å². The Morgan fingerprint density at radius 2 is 1.50 bits per heavy atom. The molecule has 20 heavy (non-hydrogen) atoms. The molecule has 1 aromatic rings. The van der Waals surface area contributed by atoms with Gasteiger partial charge >= 0.3 is 0 Å². The average molecular weight is 308 g/mol. The average Bonchev–Trinajstić information content (AvgIpc) is 2.97. The summed E-state index contributed by atoms with van der Waals surface area (Å²) in [6, 6.07) is 7.14. The first-order valence-electron chi connectivity index (χ1n) is 6.83. The van der Waals surface area contributed by atoms with Gasteiger partial charge in [-0.15, -0.1) is 0 Å². The summed E-state index contributed by atoms with van der Waals surface area (Å²) in [6.07, 6.45) is 4.75. The minimum absolute atomic E-state index is 0.870. The lowest BCUT2D eigenvalue weighted by Crippen LogP contribution is -2.22. The van der Waals surface area contributed by atoms with Gasteiger partial charge in [-0.3, -0.25) is 0 Å². The molecule has 0 amide bonds. The van der Waals surface area contributed by atoms with Gasteiger partial charge in [-0.25, -0.2) is 0 Å². The van der Waals surface area contributed by atoms with E-state index in [1.807, 2.05) is 0 Å². The zero-order valence-corrected chi connectivity index (χ0v) is 15.2. The Morgan fingerprint density at radius 3 is 2.10 bits per heavy atom. The molecule has 3 heteroatoms. The molecule has 0 saturated carbocycles. The summed E-state index contributed by atoms with van der Waals surface area (Å²) in [4.78, 5) is 0. The van der Waals surface area contributed by atoms with E-state index >= 15 is 0 Å². The second kappa shape index (κ2) is 5.44. The maximum atomic E-state index is 2.38. The molecule has 1 heterocycles. The van der Waals surface area contributed by atoms with Crippen LogP contribution in [0.1, 0.15) is 19.4 Å². The molecule has 0 atom stereocenters. The minimum Gasteiger partial charge on any atom is -0.0688 e. The SMILES string of the molecule is C[Si]c1cc([Si]C)cc(C2=C3C=C(C)P=C3C(C)=C2)c1. The maximum absolute atomic E-state index is 2.38. The molecule has 0 nitrogen and oxygen atoms in total. The Balaban J connectivity index is 2.16. The predicted octanol–water partition coefficient (Wildman–Crippen LogP) is 3.19. The number of hydrogen-bond acceptors (Lipinski definition) is 0. The van der Waals surface area contributed by atoms with Crippen molar-refractivity contribution in [1.82, 2.24) is 0 Å². The molecule has 3 rings (SSSR count). The molecule has 0 bridgehead atoms. The highest BCUT2D eigenvalue weighted by molar-refractivity contribution is 7.47. The summed E-state index contributed by atoms with van der Waals surface area (Å²) in [7, 11) is 3.14. The molecule has 0 unspecified atom stereocenters. The quantitative estimate of drug-likeness (QED) is 0.594. The van der Waals surface area contributed by atoms with Crippen LogP contribution in [0.5, 0.6) is 0 Å². The van der Waals surface area contributed by atoms with Crippen LogP contribution in [0.4, 0.5) is 0 Å². The maximum Gasteiger partial charge on any atom is 0.0773 e. The Bertz CT molecular complexity index is 683. The van der Waals surface area contributed by atoms with E-state index in [0.29, 0.717) is 0 Å². The molecular formula is C17H17PSi2. The third-order valence-electron chi connectivity index (χ3n) is 3.74. The van der Waals surface area contributed by atoms with Gasteiger partial charge in [-0.1, -0.05) is 49.9 Å². The van der Waals surface area contributed by atoms with Crippen LogP contribution >= 0.6 is 8.20 Å². The van der Waals surface area contributed by atoms with Crippen molar-refractivity contribution in [2.24, 2.45) is 0 Å². The third-order valence-corrected chi connectivity index (χ3v) is 6.77. The van der Waals surface area contributed by atoms with Gasteiger partial charge < -0.3 is 0 Å². The molecule has 98 valence electrons. The number of hydrogen-bond donors (Lipinski definition) is 0. The number of fused-ring (bicyclic) bond motifs is 1. The van der Waals surface area contributed by atoms with Crippen LogP contribution in [-0.4, -0.2) is 24.3 Å². The van der Waals surface area contributed by atoms with E-state index in [2.05, 4.69) is 57.3 Å². The smallest absolute Gasteiger partial charge is 0.0688 e. The molecule has 0 saturated heterocycles. The van der Waals surface area contributed by atoms with E-state index in [9.17, 15) is 0 Å². The Morgan fingerprint density at radius 1 is 0.850 bits per heavy atom. The number of allylic oxidation sites excluding steroid dienone is 6. The van der Waals surface area contributed by atoms with Crippen LogP contribution in [0, 0.1) is 0 Å². The van der Waals surface area contributed by atoms with Gasteiger partial charge in [0, 0.05) is 5.29 Å². The lowest BCUT2D eigenvalue weighted by Gasteiger charge is -2.08. The van der Waals surface area contributed by atoms with E-state index in [0.717, 1.165) is 19.0 Å². The van der Waals surface area contributed by atoms with Gasteiger partial charge in [0.1, 0.15) is 0 Å². The number of rotatable bonds is 3. The van der Waals surface area contributed by atoms with Crippen LogP contribution in [0.2, 0.25) is 13.1 Å². The van der Waals surface area contributed by atoms with Crippen molar-refractivity contribution in [3.63, 3.8) is 0 Å². The molecule has 0 spiro atoms. The fourth-order valence-corrected chi connectivity index (χ4v) is 5.16. The zero-order valence-electron chi connectivity index (χ0n) is 12.3. The van der Waals surface area contributed by atoms with Crippen LogP contribution in [0.15, 0.2) is 46.8 Å². The molecule has 0 N–H and O–H groups in total. The second-order valence-electron chi connectivity index (χ2n) is 5.20. The first-order chi connectivity index (χ1) is 9.62. The van der Waals surface area contributed by atoms with Crippen LogP contribution < -0.4 is 10.4 Å². The van der Waals surface area contributed by atoms with Crippen molar-refractivity contribution in [3.8, 4) is 0 Å². The van der Waals surface area contributed by atoms with E-state index in [1.54, 1.807) is 0 Å². The Labute approximate surface area is 128 Å². The Kier molecular flexibility index (Phi) is 3.81. The molecule has 1 aliphatic heterocycles. The summed E-state index contributed by atoms with van der Waals surface area (Å²) in [5.41, 5.74) is 5.74. The zero-order chi connectivity index (χ0) is 14.3. The van der Waals surface area contributed by atoms with Crippen molar-refractivity contribution in [2.45, 2.75) is 26.9 Å². The minimum atomic E-state index is 0.870. The molecule has 0 fully saturated rings. The fourth-order valence-electron chi connectivity index (χ4n) is 2.73. The van der Waals surface area contributed by atoms with Gasteiger partial charge in [0.2, 0.25) is 0 Å². The van der Waals surface area contributed by atoms with Crippen molar-refractivity contribution in [2.75, 3.05) is 0 Å². The van der Waals surface area contributed by atoms with Crippen LogP contribution in [-0.2, 0) is 0 Å². The van der Waals surface area contributed by atoms with Crippen LogP contribution in [0.3, 0.4) is 0 Å². The van der Waals surface area contributed by atoms with E-state index in [1.165, 1.54) is 51.5 Å². The van der Waals surface area contributed by atoms with E-state index in [-0.39, 0.29) is 0 Å². The van der Waals surface area contributed by atoms with Gasteiger partial charge in [0.15, 0.2) is 0 Å². The highest BCUT2D eigenvalue weighted by atomic mass is 31.1. The summed E-state index contributed by atoms with van der Waals surface area (Å²) >= 11 is 0. The highest BCUT2D eigenvalue weighted by Crippen LogP contribution is 2.41. The fraction of sp³-hybridized carbons (Fsp3) is 0.235. The summed E-state index contributed by atoms with van der Waals surface area (Å²) in [6.45, 7) is 9.01. The van der Waals surface area contributed by atoms with Crippen molar-refractivity contribution < 1.29 is 0 Å². The molecule has 1 aromatic carbocycles. The largest absolute Gasteiger partial charge is 0.0773 e. The van der Waals surface area contributed by atoms with Gasteiger partial charge in [0.25, 0.3) is 0 Å². The standard InChI is InChI=1S/C17H17PSi2/c1-10-5-15(16-6-11(2)18-17(10)16)12-7-13(19-3)9-14(8-12)20-4/h5-9H,1-4H3. The van der Waals surface area contributed by atoms with Gasteiger partial charge in [-0.05, 0) is 53.6 Å². The summed E-state index contributed by atoms with van der Waals surface area (Å²) in [5, 5.41) is 5.94. The normalized spacial score (nSPS) is 17.9. The van der Waals surface area contributed by atoms with Crippen molar-refractivity contribution in [1.29, 1.82) is 0 Å². The molecule has 2 aliphatic rings. The monoisotopic (exact) mass is 308 g/mol. The molecule has 1 aliphatic carbocycles. The lowest BCUT2D eigenvalue weighted by molar-refractivity contribution is 1.63. The molecule has 0 aromatic heterocycles. The molecule has 4 radical (unpaired) electrons. The van der Waals surface area contributed by atoms with Gasteiger partial charge in [0.05, 0.1) is 19.0 Å². The highest BCUT2D eigenvalue weighted by Gasteiger charge is 2.23. The lowest BCUT2D eigenvalue weighted by atomic mass is 10.0. The summed E-state index contributed by atoms with van der Waals surface area (Å²) in [5.74, 6) is 0. The first kappa shape index (κ1) is 14.0. The molecular weight excluding hydrogens is 291 g/mol. The van der Waals surface area contributed by atoms with Crippen molar-refractivity contribution in [3.05, 3.63) is 52.4 Å². The number of benzene rings is 1.